The molecule has 0 aliphatic rings. The van der Waals surface area contributed by atoms with Gasteiger partial charge in [0.15, 0.2) is 0 Å². The van der Waals surface area contributed by atoms with Crippen LogP contribution in [0, 0.1) is 13.8 Å². The maximum atomic E-state index is 13.0. The summed E-state index contributed by atoms with van der Waals surface area (Å²) in [5.41, 5.74) is 9.60. The van der Waals surface area contributed by atoms with Gasteiger partial charge in [-0.2, -0.15) is 0 Å². The van der Waals surface area contributed by atoms with Gasteiger partial charge in [0.05, 0.1) is 12.5 Å². The fourth-order valence-electron chi connectivity index (χ4n) is 4.34. The molecule has 35 heavy (non-hydrogen) atoms. The maximum Gasteiger partial charge on any atom is 0.270 e. The summed E-state index contributed by atoms with van der Waals surface area (Å²) < 4.78 is 1.82. The number of benzene rings is 4. The van der Waals surface area contributed by atoms with Gasteiger partial charge in [-0.25, -0.2) is 4.98 Å². The number of carbonyl (C=O) groups excluding carboxylic acids is 1. The lowest BCUT2D eigenvalue weighted by molar-refractivity contribution is 0.0944. The fourth-order valence-corrected chi connectivity index (χ4v) is 4.34. The van der Waals surface area contributed by atoms with Crippen LogP contribution in [0.1, 0.15) is 27.2 Å². The molecular weight excluding hydrogens is 430 g/mol. The zero-order valence-electron chi connectivity index (χ0n) is 19.9. The third-order valence-corrected chi connectivity index (χ3v) is 6.09. The summed E-state index contributed by atoms with van der Waals surface area (Å²) >= 11 is 0. The molecule has 4 aromatic carbocycles. The Morgan fingerprint density at radius 2 is 1.34 bits per heavy atom. The van der Waals surface area contributed by atoms with E-state index in [1.807, 2.05) is 47.0 Å². The molecule has 4 heteroatoms. The van der Waals surface area contributed by atoms with Crippen LogP contribution in [0.2, 0.25) is 0 Å². The molecule has 1 N–H and O–H groups in total. The number of aryl methyl sites for hydroxylation is 2. The number of hydrogen-bond acceptors (Lipinski definition) is 2. The van der Waals surface area contributed by atoms with Crippen LogP contribution in [-0.4, -0.2) is 15.5 Å². The first kappa shape index (κ1) is 22.4. The number of carbonyl (C=O) groups is 1. The lowest BCUT2D eigenvalue weighted by Gasteiger charge is -2.11. The molecule has 0 radical (unpaired) electrons. The van der Waals surface area contributed by atoms with Gasteiger partial charge >= 0.3 is 0 Å². The predicted octanol–water partition coefficient (Wildman–Crippen LogP) is 6.75. The van der Waals surface area contributed by atoms with E-state index in [4.69, 9.17) is 0 Å². The maximum absolute atomic E-state index is 13.0. The summed E-state index contributed by atoms with van der Waals surface area (Å²) in [4.78, 5) is 17.2. The Bertz CT molecular complexity index is 1430. The van der Waals surface area contributed by atoms with Gasteiger partial charge in [-0.05, 0) is 53.8 Å². The van der Waals surface area contributed by atoms with Gasteiger partial charge in [0, 0.05) is 12.2 Å². The monoisotopic (exact) mass is 457 g/mol. The topological polar surface area (TPSA) is 46.9 Å². The van der Waals surface area contributed by atoms with Crippen LogP contribution in [0.25, 0.3) is 27.9 Å². The zero-order valence-corrected chi connectivity index (χ0v) is 19.9. The van der Waals surface area contributed by atoms with Crippen LogP contribution in [0.5, 0.6) is 0 Å². The molecule has 0 aliphatic carbocycles. The van der Waals surface area contributed by atoms with E-state index < -0.39 is 0 Å². The molecule has 0 fully saturated rings. The van der Waals surface area contributed by atoms with Crippen LogP contribution < -0.4 is 5.32 Å². The lowest BCUT2D eigenvalue weighted by atomic mass is 10.0. The number of nitrogens with one attached hydrogen (secondary N) is 1. The highest BCUT2D eigenvalue weighted by Crippen LogP contribution is 2.24. The van der Waals surface area contributed by atoms with Gasteiger partial charge in [0.1, 0.15) is 5.69 Å². The van der Waals surface area contributed by atoms with Crippen LogP contribution in [0.3, 0.4) is 0 Å². The second-order valence-electron chi connectivity index (χ2n) is 8.82. The largest absolute Gasteiger partial charge is 0.347 e. The van der Waals surface area contributed by atoms with Gasteiger partial charge in [-0.15, -0.1) is 0 Å². The highest BCUT2D eigenvalue weighted by Gasteiger charge is 2.13. The second-order valence-corrected chi connectivity index (χ2v) is 8.82. The standard InChI is InChI=1S/C31H27N3O/c1-22-16-23(2)18-28(17-22)27-12-14-29(15-13-27)34-21-32-20-30(34)31(35)33-19-24-8-10-26(11-9-24)25-6-4-3-5-7-25/h3-18,20-21H,19H2,1-2H3,(H,33,35). The molecule has 1 amide bonds. The zero-order chi connectivity index (χ0) is 24.2. The van der Waals surface area contributed by atoms with E-state index in [1.165, 1.54) is 22.3 Å². The highest BCUT2D eigenvalue weighted by molar-refractivity contribution is 5.93. The molecule has 0 atom stereocenters. The molecule has 4 nitrogen and oxygen atoms in total. The Morgan fingerprint density at radius 1 is 0.743 bits per heavy atom. The average molecular weight is 458 g/mol. The molecule has 1 aromatic heterocycles. The summed E-state index contributed by atoms with van der Waals surface area (Å²) in [6.45, 7) is 4.67. The van der Waals surface area contributed by atoms with Gasteiger partial charge in [0.25, 0.3) is 5.91 Å². The SMILES string of the molecule is Cc1cc(C)cc(-c2ccc(-n3cncc3C(=O)NCc3ccc(-c4ccccc4)cc3)cc2)c1. The Labute approximate surface area is 205 Å². The van der Waals surface area contributed by atoms with Crippen molar-refractivity contribution in [2.75, 3.05) is 0 Å². The third kappa shape index (κ3) is 5.07. The molecule has 0 bridgehead atoms. The summed E-state index contributed by atoms with van der Waals surface area (Å²) in [6.07, 6.45) is 3.28. The van der Waals surface area contributed by atoms with Crippen molar-refractivity contribution in [2.24, 2.45) is 0 Å². The number of amides is 1. The minimum Gasteiger partial charge on any atom is -0.347 e. The minimum atomic E-state index is -0.159. The van der Waals surface area contributed by atoms with Crippen molar-refractivity contribution in [3.63, 3.8) is 0 Å². The molecule has 0 aliphatic heterocycles. The van der Waals surface area contributed by atoms with E-state index in [2.05, 4.69) is 78.7 Å². The third-order valence-electron chi connectivity index (χ3n) is 6.09. The van der Waals surface area contributed by atoms with Gasteiger partial charge in [0.2, 0.25) is 0 Å². The van der Waals surface area contributed by atoms with Crippen LogP contribution in [-0.2, 0) is 6.54 Å². The molecule has 0 saturated carbocycles. The summed E-state index contributed by atoms with van der Waals surface area (Å²) in [6, 6.07) is 33.3. The van der Waals surface area contributed by atoms with Crippen molar-refractivity contribution >= 4 is 5.91 Å². The molecule has 0 unspecified atom stereocenters. The molecule has 5 aromatic rings. The van der Waals surface area contributed by atoms with Crippen LogP contribution >= 0.6 is 0 Å². The molecule has 1 heterocycles. The predicted molar refractivity (Wildman–Crippen MR) is 142 cm³/mol. The Kier molecular flexibility index (Phi) is 6.27. The van der Waals surface area contributed by atoms with Crippen molar-refractivity contribution in [1.29, 1.82) is 0 Å². The Hall–Kier alpha value is -4.44. The number of aromatic nitrogens is 2. The fraction of sp³-hybridized carbons (Fsp3) is 0.0968. The second kappa shape index (κ2) is 9.82. The van der Waals surface area contributed by atoms with Gasteiger partial charge in [-0.3, -0.25) is 9.36 Å². The first-order valence-corrected chi connectivity index (χ1v) is 11.7. The average Bonchev–Trinajstić information content (AvgIpc) is 3.38. The van der Waals surface area contributed by atoms with Crippen molar-refractivity contribution in [2.45, 2.75) is 20.4 Å². The molecule has 0 saturated heterocycles. The van der Waals surface area contributed by atoms with Crippen molar-refractivity contribution in [1.82, 2.24) is 14.9 Å². The first-order valence-electron chi connectivity index (χ1n) is 11.7. The van der Waals surface area contributed by atoms with E-state index in [9.17, 15) is 4.79 Å². The number of imidazole rings is 1. The van der Waals surface area contributed by atoms with E-state index >= 15 is 0 Å². The van der Waals surface area contributed by atoms with E-state index in [1.54, 1.807) is 12.5 Å². The Morgan fingerprint density at radius 3 is 2.03 bits per heavy atom. The number of rotatable bonds is 6. The van der Waals surface area contributed by atoms with E-state index in [-0.39, 0.29) is 5.91 Å². The quantitative estimate of drug-likeness (QED) is 0.306. The normalized spacial score (nSPS) is 10.8. The molecule has 5 rings (SSSR count). The first-order chi connectivity index (χ1) is 17.1. The van der Waals surface area contributed by atoms with Gasteiger partial charge < -0.3 is 5.32 Å². The number of nitrogens with zero attached hydrogens (tertiary/aromatic N) is 2. The van der Waals surface area contributed by atoms with Crippen molar-refractivity contribution in [3.05, 3.63) is 132 Å². The minimum absolute atomic E-state index is 0.159. The number of hydrogen-bond donors (Lipinski definition) is 1. The Balaban J connectivity index is 1.28. The summed E-state index contributed by atoms with van der Waals surface area (Å²) in [7, 11) is 0. The lowest BCUT2D eigenvalue weighted by Crippen LogP contribution is -2.25. The van der Waals surface area contributed by atoms with Crippen LogP contribution in [0.4, 0.5) is 0 Å². The van der Waals surface area contributed by atoms with E-state index in [0.29, 0.717) is 12.2 Å². The highest BCUT2D eigenvalue weighted by atomic mass is 16.1. The van der Waals surface area contributed by atoms with Crippen LogP contribution in [0.15, 0.2) is 110 Å². The van der Waals surface area contributed by atoms with Crippen molar-refractivity contribution < 1.29 is 4.79 Å². The van der Waals surface area contributed by atoms with Crippen molar-refractivity contribution in [3.8, 4) is 27.9 Å². The molecule has 172 valence electrons. The van der Waals surface area contributed by atoms with Gasteiger partial charge in [-0.1, -0.05) is 96.1 Å². The van der Waals surface area contributed by atoms with E-state index in [0.717, 1.165) is 22.4 Å². The summed E-state index contributed by atoms with van der Waals surface area (Å²) in [5, 5.41) is 3.02. The molecular formula is C31H27N3O. The smallest absolute Gasteiger partial charge is 0.270 e. The molecule has 0 spiro atoms. The summed E-state index contributed by atoms with van der Waals surface area (Å²) in [5.74, 6) is -0.159.